The summed E-state index contributed by atoms with van der Waals surface area (Å²) in [5.74, 6) is 1.66. The molecule has 0 heterocycles. The quantitative estimate of drug-likeness (QED) is 0.754. The molecule has 0 aromatic heterocycles. The van der Waals surface area contributed by atoms with Gasteiger partial charge in [-0.1, -0.05) is 26.0 Å². The van der Waals surface area contributed by atoms with Crippen LogP contribution in [0.3, 0.4) is 0 Å². The van der Waals surface area contributed by atoms with Crippen LogP contribution in [0.15, 0.2) is 24.3 Å². The second kappa shape index (κ2) is 5.61. The summed E-state index contributed by atoms with van der Waals surface area (Å²) >= 11 is 0. The molecule has 1 N–H and O–H groups in total. The second-order valence-corrected chi connectivity index (χ2v) is 5.43. The van der Waals surface area contributed by atoms with Gasteiger partial charge in [0.25, 0.3) is 0 Å². The van der Waals surface area contributed by atoms with Gasteiger partial charge in [-0.05, 0) is 30.9 Å². The van der Waals surface area contributed by atoms with E-state index >= 15 is 0 Å². The van der Waals surface area contributed by atoms with Gasteiger partial charge in [0.05, 0.1) is 6.61 Å². The molecular weight excluding hydrogens is 226 g/mol. The van der Waals surface area contributed by atoms with Gasteiger partial charge in [-0.3, -0.25) is 0 Å². The molecule has 3 heteroatoms. The fourth-order valence-corrected chi connectivity index (χ4v) is 2.05. The van der Waals surface area contributed by atoms with Gasteiger partial charge < -0.3 is 14.8 Å². The highest BCUT2D eigenvalue weighted by Gasteiger charge is 2.44. The normalized spacial score (nSPS) is 20.5. The summed E-state index contributed by atoms with van der Waals surface area (Å²) in [6, 6.07) is 8.48. The molecule has 1 aliphatic rings. The van der Waals surface area contributed by atoms with E-state index in [0.29, 0.717) is 24.7 Å². The molecule has 1 unspecified atom stereocenters. The van der Waals surface area contributed by atoms with Crippen LogP contribution in [-0.4, -0.2) is 25.8 Å². The highest BCUT2D eigenvalue weighted by Crippen LogP contribution is 2.44. The lowest BCUT2D eigenvalue weighted by atomic mass is 10.2. The topological polar surface area (TPSA) is 30.5 Å². The van der Waals surface area contributed by atoms with Crippen molar-refractivity contribution in [3.8, 4) is 11.5 Å². The van der Waals surface area contributed by atoms with E-state index in [4.69, 9.17) is 9.47 Å². The lowest BCUT2D eigenvalue weighted by Crippen LogP contribution is -2.26. The Morgan fingerprint density at radius 1 is 1.22 bits per heavy atom. The van der Waals surface area contributed by atoms with Gasteiger partial charge in [0, 0.05) is 12.6 Å². The number of hydrogen-bond acceptors (Lipinski definition) is 3. The van der Waals surface area contributed by atoms with Gasteiger partial charge in [0.2, 0.25) is 0 Å². The van der Waals surface area contributed by atoms with E-state index in [0.717, 1.165) is 18.0 Å². The molecule has 1 aromatic carbocycles. The van der Waals surface area contributed by atoms with E-state index in [1.165, 1.54) is 6.42 Å². The molecular formula is C15H23NO2. The fraction of sp³-hybridized carbons (Fsp3) is 0.600. The predicted molar refractivity (Wildman–Crippen MR) is 73.3 cm³/mol. The molecule has 1 aromatic rings. The molecule has 0 amide bonds. The van der Waals surface area contributed by atoms with Crippen LogP contribution in [0.1, 0.15) is 27.2 Å². The highest BCUT2D eigenvalue weighted by atomic mass is 16.5. The summed E-state index contributed by atoms with van der Waals surface area (Å²) in [7, 11) is 0. The van der Waals surface area contributed by atoms with Crippen molar-refractivity contribution < 1.29 is 9.47 Å². The zero-order chi connectivity index (χ0) is 13.0. The third-order valence-electron chi connectivity index (χ3n) is 3.41. The minimum absolute atomic E-state index is 0.475. The maximum Gasteiger partial charge on any atom is 0.161 e. The van der Waals surface area contributed by atoms with Crippen molar-refractivity contribution in [1.82, 2.24) is 5.32 Å². The molecule has 0 radical (unpaired) electrons. The van der Waals surface area contributed by atoms with Gasteiger partial charge in [-0.15, -0.1) is 0 Å². The molecule has 1 atom stereocenters. The van der Waals surface area contributed by atoms with Crippen LogP contribution >= 0.6 is 0 Å². The van der Waals surface area contributed by atoms with Gasteiger partial charge in [-0.25, -0.2) is 0 Å². The van der Waals surface area contributed by atoms with E-state index in [2.05, 4.69) is 19.2 Å². The first-order valence-electron chi connectivity index (χ1n) is 6.71. The zero-order valence-corrected chi connectivity index (χ0v) is 11.5. The van der Waals surface area contributed by atoms with Crippen molar-refractivity contribution >= 4 is 0 Å². The van der Waals surface area contributed by atoms with E-state index in [1.807, 2.05) is 31.2 Å². The van der Waals surface area contributed by atoms with Crippen molar-refractivity contribution in [3.63, 3.8) is 0 Å². The Hall–Kier alpha value is -1.22. The first-order chi connectivity index (χ1) is 8.63. The molecule has 0 aliphatic heterocycles. The zero-order valence-electron chi connectivity index (χ0n) is 11.5. The number of para-hydroxylation sites is 2. The van der Waals surface area contributed by atoms with E-state index < -0.39 is 0 Å². The molecule has 0 saturated heterocycles. The lowest BCUT2D eigenvalue weighted by Gasteiger charge is -2.12. The summed E-state index contributed by atoms with van der Waals surface area (Å²) < 4.78 is 11.3. The average molecular weight is 249 g/mol. The Kier molecular flexibility index (Phi) is 4.12. The van der Waals surface area contributed by atoms with Crippen LogP contribution in [0.25, 0.3) is 0 Å². The smallest absolute Gasteiger partial charge is 0.161 e. The summed E-state index contributed by atoms with van der Waals surface area (Å²) in [6.07, 6.45) is 1.27. The van der Waals surface area contributed by atoms with Crippen LogP contribution < -0.4 is 14.8 Å². The molecule has 0 spiro atoms. The van der Waals surface area contributed by atoms with Crippen LogP contribution in [0, 0.1) is 5.41 Å². The molecule has 3 nitrogen and oxygen atoms in total. The van der Waals surface area contributed by atoms with Crippen molar-refractivity contribution in [3.05, 3.63) is 24.3 Å². The number of benzene rings is 1. The lowest BCUT2D eigenvalue weighted by molar-refractivity contribution is 0.274. The SMILES string of the molecule is CCOc1ccccc1OCCNC1CC1(C)C. The van der Waals surface area contributed by atoms with E-state index in [9.17, 15) is 0 Å². The Bertz CT molecular complexity index is 390. The molecule has 2 rings (SSSR count). The average Bonchev–Trinajstić information content (AvgIpc) is 2.95. The van der Waals surface area contributed by atoms with Crippen LogP contribution in [-0.2, 0) is 0 Å². The molecule has 1 aliphatic carbocycles. The third-order valence-corrected chi connectivity index (χ3v) is 3.41. The minimum Gasteiger partial charge on any atom is -0.490 e. The molecule has 1 saturated carbocycles. The summed E-state index contributed by atoms with van der Waals surface area (Å²) in [4.78, 5) is 0. The van der Waals surface area contributed by atoms with Crippen molar-refractivity contribution in [1.29, 1.82) is 0 Å². The Labute approximate surface area is 109 Å². The van der Waals surface area contributed by atoms with Crippen LogP contribution in [0.5, 0.6) is 11.5 Å². The number of rotatable bonds is 7. The maximum atomic E-state index is 5.75. The van der Waals surface area contributed by atoms with E-state index in [-0.39, 0.29) is 0 Å². The largest absolute Gasteiger partial charge is 0.490 e. The maximum absolute atomic E-state index is 5.75. The van der Waals surface area contributed by atoms with Gasteiger partial charge in [0.1, 0.15) is 6.61 Å². The van der Waals surface area contributed by atoms with Crippen LogP contribution in [0.4, 0.5) is 0 Å². The first kappa shape index (κ1) is 13.2. The summed E-state index contributed by atoms with van der Waals surface area (Å²) in [6.45, 7) is 8.78. The number of hydrogen-bond donors (Lipinski definition) is 1. The Morgan fingerprint density at radius 2 is 1.83 bits per heavy atom. The van der Waals surface area contributed by atoms with E-state index in [1.54, 1.807) is 0 Å². The third kappa shape index (κ3) is 3.39. The second-order valence-electron chi connectivity index (χ2n) is 5.43. The van der Waals surface area contributed by atoms with Crippen molar-refractivity contribution in [2.75, 3.05) is 19.8 Å². The van der Waals surface area contributed by atoms with Crippen molar-refractivity contribution in [2.24, 2.45) is 5.41 Å². The predicted octanol–water partition coefficient (Wildman–Crippen LogP) is 2.85. The monoisotopic (exact) mass is 249 g/mol. The molecule has 100 valence electrons. The molecule has 18 heavy (non-hydrogen) atoms. The Morgan fingerprint density at radius 3 is 2.39 bits per heavy atom. The molecule has 1 fully saturated rings. The standard InChI is InChI=1S/C15H23NO2/c1-4-17-12-7-5-6-8-13(12)18-10-9-16-14-11-15(14,2)3/h5-8,14,16H,4,9-11H2,1-3H3. The van der Waals surface area contributed by atoms with Crippen LogP contribution in [0.2, 0.25) is 0 Å². The first-order valence-corrected chi connectivity index (χ1v) is 6.71. The Balaban J connectivity index is 1.73. The fourth-order valence-electron chi connectivity index (χ4n) is 2.05. The van der Waals surface area contributed by atoms with Gasteiger partial charge in [-0.2, -0.15) is 0 Å². The minimum atomic E-state index is 0.475. The highest BCUT2D eigenvalue weighted by molar-refractivity contribution is 5.39. The van der Waals surface area contributed by atoms with Gasteiger partial charge in [0.15, 0.2) is 11.5 Å². The van der Waals surface area contributed by atoms with Gasteiger partial charge >= 0.3 is 0 Å². The summed E-state index contributed by atoms with van der Waals surface area (Å²) in [5.41, 5.74) is 0.475. The number of ether oxygens (including phenoxy) is 2. The molecule has 0 bridgehead atoms. The summed E-state index contributed by atoms with van der Waals surface area (Å²) in [5, 5.41) is 3.50. The van der Waals surface area contributed by atoms with Crippen molar-refractivity contribution in [2.45, 2.75) is 33.2 Å². The number of nitrogens with one attached hydrogen (secondary N) is 1.